The quantitative estimate of drug-likeness (QED) is 0.0579. The molecule has 0 aromatic heterocycles. The molecule has 3 aliphatic rings. The van der Waals surface area contributed by atoms with E-state index in [1.54, 1.807) is 0 Å². The van der Waals surface area contributed by atoms with Gasteiger partial charge in [-0.25, -0.2) is 4.79 Å². The fraction of sp³-hybridized carbons (Fsp3) is 0.545. The number of ether oxygens (including phenoxy) is 3. The molecule has 3 unspecified atom stereocenters. The monoisotopic (exact) mass is 680 g/mol. The van der Waals surface area contributed by atoms with Crippen molar-refractivity contribution in [2.45, 2.75) is 140 Å². The van der Waals surface area contributed by atoms with Crippen LogP contribution in [-0.4, -0.2) is 47.7 Å². The lowest BCUT2D eigenvalue weighted by molar-refractivity contribution is -0.956. The molecule has 0 saturated carbocycles. The Balaban J connectivity index is 1.23. The Hall–Kier alpha value is -3.48. The molecule has 6 heteroatoms. The van der Waals surface area contributed by atoms with Gasteiger partial charge in [-0.1, -0.05) is 149 Å². The van der Waals surface area contributed by atoms with Gasteiger partial charge in [0, 0.05) is 50.5 Å². The number of carbonyl (C=O) groups excluding carboxylic acids is 2. The molecule has 1 spiro atoms. The number of hydrogen-bond donors (Lipinski definition) is 0. The van der Waals surface area contributed by atoms with Crippen molar-refractivity contribution < 1.29 is 28.3 Å². The summed E-state index contributed by atoms with van der Waals surface area (Å²) in [5.41, 5.74) is 0.313. The Labute approximate surface area is 300 Å². The minimum atomic E-state index is -1.66. The number of benzene rings is 3. The van der Waals surface area contributed by atoms with Gasteiger partial charge in [0.2, 0.25) is 11.9 Å². The first-order valence-corrected chi connectivity index (χ1v) is 19.7. The van der Waals surface area contributed by atoms with Crippen LogP contribution in [0.2, 0.25) is 0 Å². The Bertz CT molecular complexity index is 1420. The highest BCUT2D eigenvalue weighted by atomic mass is 16.7. The summed E-state index contributed by atoms with van der Waals surface area (Å²) in [7, 11) is 0. The van der Waals surface area contributed by atoms with Crippen LogP contribution in [0.3, 0.4) is 0 Å². The van der Waals surface area contributed by atoms with Crippen LogP contribution in [0.4, 0.5) is 0 Å². The van der Waals surface area contributed by atoms with Crippen LogP contribution in [0.25, 0.3) is 0 Å². The first-order valence-electron chi connectivity index (χ1n) is 19.7. The van der Waals surface area contributed by atoms with Crippen molar-refractivity contribution in [2.75, 3.05) is 13.1 Å². The number of rotatable bonds is 18. The molecule has 3 saturated heterocycles. The van der Waals surface area contributed by atoms with Gasteiger partial charge in [-0.2, -0.15) is 0 Å². The highest BCUT2D eigenvalue weighted by Gasteiger charge is 2.57. The predicted octanol–water partition coefficient (Wildman–Crippen LogP) is 9.96. The maximum Gasteiger partial charge on any atom is 0.348 e. The van der Waals surface area contributed by atoms with Gasteiger partial charge < -0.3 is 18.7 Å². The summed E-state index contributed by atoms with van der Waals surface area (Å²) < 4.78 is 21.0. The molecule has 50 heavy (non-hydrogen) atoms. The number of esters is 2. The molecule has 0 aliphatic carbocycles. The van der Waals surface area contributed by atoms with Gasteiger partial charge in [-0.3, -0.25) is 4.79 Å². The zero-order chi connectivity index (χ0) is 34.7. The summed E-state index contributed by atoms with van der Waals surface area (Å²) in [4.78, 5) is 28.5. The van der Waals surface area contributed by atoms with Crippen LogP contribution in [-0.2, 0) is 29.4 Å². The molecule has 3 aliphatic heterocycles. The van der Waals surface area contributed by atoms with E-state index in [9.17, 15) is 9.59 Å². The molecule has 268 valence electrons. The van der Waals surface area contributed by atoms with Crippen molar-refractivity contribution in [2.24, 2.45) is 0 Å². The first kappa shape index (κ1) is 36.3. The van der Waals surface area contributed by atoms with Crippen molar-refractivity contribution in [3.05, 3.63) is 108 Å². The van der Waals surface area contributed by atoms with Crippen LogP contribution < -0.4 is 0 Å². The third kappa shape index (κ3) is 8.35. The number of piperidine rings is 1. The molecule has 3 aromatic rings. The van der Waals surface area contributed by atoms with E-state index >= 15 is 0 Å². The van der Waals surface area contributed by atoms with Crippen molar-refractivity contribution in [1.82, 2.24) is 0 Å². The van der Waals surface area contributed by atoms with Gasteiger partial charge >= 0.3 is 11.9 Å². The van der Waals surface area contributed by atoms with Crippen molar-refractivity contribution in [1.29, 1.82) is 0 Å². The molecular formula is C44H58NO5+. The SMILES string of the molecule is CCCCCCCCCCCC(=O)OC(OC(C(=O)OC1CC2CCC(C1)[N+]21CCCC1)(c1ccccc1)c1ccccc1)c1ccccc1. The first-order chi connectivity index (χ1) is 24.5. The van der Waals surface area contributed by atoms with E-state index in [0.717, 1.165) is 32.1 Å². The average Bonchev–Trinajstić information content (AvgIpc) is 3.70. The minimum absolute atomic E-state index is 0.177. The second-order valence-corrected chi connectivity index (χ2v) is 15.0. The van der Waals surface area contributed by atoms with Gasteiger partial charge in [-0.15, -0.1) is 0 Å². The van der Waals surface area contributed by atoms with Crippen LogP contribution in [0.1, 0.15) is 133 Å². The summed E-state index contributed by atoms with van der Waals surface area (Å²) in [6.07, 6.45) is 16.3. The zero-order valence-corrected chi connectivity index (χ0v) is 30.2. The molecule has 3 aromatic carbocycles. The smallest absolute Gasteiger partial charge is 0.348 e. The van der Waals surface area contributed by atoms with Crippen molar-refractivity contribution in [3.63, 3.8) is 0 Å². The topological polar surface area (TPSA) is 61.8 Å². The van der Waals surface area contributed by atoms with Crippen molar-refractivity contribution in [3.8, 4) is 0 Å². The Morgan fingerprint density at radius 3 is 1.74 bits per heavy atom. The summed E-state index contributed by atoms with van der Waals surface area (Å²) in [6.45, 7) is 4.77. The number of carbonyl (C=O) groups is 2. The fourth-order valence-electron chi connectivity index (χ4n) is 9.16. The van der Waals surface area contributed by atoms with E-state index in [1.165, 1.54) is 81.8 Å². The van der Waals surface area contributed by atoms with E-state index in [2.05, 4.69) is 6.92 Å². The van der Waals surface area contributed by atoms with Crippen LogP contribution in [0.5, 0.6) is 0 Å². The molecule has 0 radical (unpaired) electrons. The fourth-order valence-corrected chi connectivity index (χ4v) is 9.16. The number of quaternary nitrogens is 1. The molecule has 0 amide bonds. The lowest BCUT2D eigenvalue weighted by Gasteiger charge is -2.47. The number of unbranched alkanes of at least 4 members (excludes halogenated alkanes) is 8. The second kappa shape index (κ2) is 17.6. The summed E-state index contributed by atoms with van der Waals surface area (Å²) in [5, 5.41) is 0. The molecule has 0 N–H and O–H groups in total. The van der Waals surface area contributed by atoms with Crippen LogP contribution >= 0.6 is 0 Å². The molecule has 6 rings (SSSR count). The van der Waals surface area contributed by atoms with Gasteiger partial charge in [0.25, 0.3) is 0 Å². The van der Waals surface area contributed by atoms with Gasteiger partial charge in [0.1, 0.15) is 6.10 Å². The third-order valence-electron chi connectivity index (χ3n) is 11.8. The summed E-state index contributed by atoms with van der Waals surface area (Å²) in [5.74, 6) is -0.779. The van der Waals surface area contributed by atoms with Gasteiger partial charge in [0.15, 0.2) is 0 Å². The molecule has 6 nitrogen and oxygen atoms in total. The Morgan fingerprint density at radius 2 is 1.20 bits per heavy atom. The molecular weight excluding hydrogens is 622 g/mol. The normalized spacial score (nSPS) is 21.6. The lowest BCUT2D eigenvalue weighted by atomic mass is 9.85. The maximum atomic E-state index is 15.0. The summed E-state index contributed by atoms with van der Waals surface area (Å²) >= 11 is 0. The largest absolute Gasteiger partial charge is 0.459 e. The summed E-state index contributed by atoms with van der Waals surface area (Å²) in [6, 6.07) is 29.8. The third-order valence-corrected chi connectivity index (χ3v) is 11.8. The highest BCUT2D eigenvalue weighted by molar-refractivity contribution is 5.86. The number of hydrogen-bond acceptors (Lipinski definition) is 5. The predicted molar refractivity (Wildman–Crippen MR) is 197 cm³/mol. The second-order valence-electron chi connectivity index (χ2n) is 15.0. The Morgan fingerprint density at radius 1 is 0.700 bits per heavy atom. The Kier molecular flexibility index (Phi) is 12.8. The van der Waals surface area contributed by atoms with E-state index in [0.29, 0.717) is 35.2 Å². The molecule has 3 fully saturated rings. The van der Waals surface area contributed by atoms with E-state index in [4.69, 9.17) is 14.2 Å². The zero-order valence-electron chi connectivity index (χ0n) is 30.2. The molecule has 3 atom stereocenters. The number of nitrogens with zero attached hydrogens (tertiary/aromatic N) is 1. The van der Waals surface area contributed by atoms with Crippen LogP contribution in [0.15, 0.2) is 91.0 Å². The lowest BCUT2D eigenvalue weighted by Crippen LogP contribution is -2.60. The maximum absolute atomic E-state index is 15.0. The van der Waals surface area contributed by atoms with Gasteiger partial charge in [0.05, 0.1) is 25.2 Å². The van der Waals surface area contributed by atoms with E-state index < -0.39 is 17.9 Å². The van der Waals surface area contributed by atoms with Crippen LogP contribution in [0, 0.1) is 0 Å². The molecule has 2 bridgehead atoms. The standard InChI is InChI=1S/C44H58NO5/c1-2-3-4-5-6-7-8-9-19-28-41(46)49-42(35-22-13-10-14-23-35)50-44(36-24-15-11-16-25-36,37-26-17-12-18-27-37)43(47)48-40-33-38-29-30-39(34-40)45(38)31-20-21-32-45/h10-18,22-27,38-40,42H,2-9,19-21,28-34H2,1H3/q+1. The highest BCUT2D eigenvalue weighted by Crippen LogP contribution is 2.47. The van der Waals surface area contributed by atoms with Gasteiger partial charge in [-0.05, 0) is 17.5 Å². The van der Waals surface area contributed by atoms with E-state index in [1.807, 2.05) is 91.0 Å². The van der Waals surface area contributed by atoms with E-state index in [-0.39, 0.29) is 12.1 Å². The average molecular weight is 681 g/mol. The molecule has 3 heterocycles. The minimum Gasteiger partial charge on any atom is -0.459 e. The van der Waals surface area contributed by atoms with Crippen molar-refractivity contribution >= 4 is 11.9 Å².